The molecule has 3 aliphatic heterocycles. The van der Waals surface area contributed by atoms with Crippen LogP contribution in [0.25, 0.3) is 32.9 Å². The van der Waals surface area contributed by atoms with Crippen LogP contribution in [-0.2, 0) is 31.6 Å². The zero-order valence-corrected chi connectivity index (χ0v) is 33.6. The van der Waals surface area contributed by atoms with E-state index in [0.29, 0.717) is 73.1 Å². The first-order chi connectivity index (χ1) is 28.5. The highest BCUT2D eigenvalue weighted by molar-refractivity contribution is 5.97. The van der Waals surface area contributed by atoms with E-state index < -0.39 is 35.2 Å². The Balaban J connectivity index is 1.15. The Labute approximate surface area is 340 Å². The smallest absolute Gasteiger partial charge is 0.405 e. The number of pyridine rings is 1. The van der Waals surface area contributed by atoms with E-state index in [9.17, 15) is 9.59 Å². The number of amides is 1. The fourth-order valence-corrected chi connectivity index (χ4v) is 9.13. The van der Waals surface area contributed by atoms with Gasteiger partial charge in [0.1, 0.15) is 22.8 Å². The number of ether oxygens (including phenoxy) is 4. The predicted molar refractivity (Wildman–Crippen MR) is 218 cm³/mol. The number of hydrogen-bond acceptors (Lipinski definition) is 10. The van der Waals surface area contributed by atoms with Gasteiger partial charge in [-0.3, -0.25) is 9.69 Å². The Kier molecular flexibility index (Phi) is 10.6. The number of anilines is 1. The van der Waals surface area contributed by atoms with Gasteiger partial charge in [0.05, 0.1) is 23.9 Å². The van der Waals surface area contributed by atoms with Crippen molar-refractivity contribution >= 4 is 33.8 Å². The molecule has 59 heavy (non-hydrogen) atoms. The Hall–Kier alpha value is -4.96. The van der Waals surface area contributed by atoms with Crippen LogP contribution in [0.1, 0.15) is 76.0 Å². The number of piperidine rings is 2. The van der Waals surface area contributed by atoms with E-state index in [0.717, 1.165) is 74.2 Å². The number of aromatic nitrogens is 4. The van der Waals surface area contributed by atoms with Crippen molar-refractivity contribution < 1.29 is 32.5 Å². The highest BCUT2D eigenvalue weighted by atomic mass is 19.1. The van der Waals surface area contributed by atoms with E-state index >= 15 is 8.78 Å². The van der Waals surface area contributed by atoms with E-state index in [1.165, 1.54) is 12.1 Å². The lowest BCUT2D eigenvalue weighted by atomic mass is 9.87. The summed E-state index contributed by atoms with van der Waals surface area (Å²) in [6.45, 7) is 5.35. The second-order valence-electron chi connectivity index (χ2n) is 16.9. The average Bonchev–Trinajstić information content (AvgIpc) is 3.91. The molecule has 5 aromatic rings. The van der Waals surface area contributed by atoms with Crippen LogP contribution in [0.15, 0.2) is 59.7 Å². The standard InChI is InChI=1S/C44H51F2N7O6/c1-43(59-41(47)55)13-18-52(19-14-43)31-11-16-53(17-12-31)42-49-36-9-6-27(35-25-51(2)40(54)38-33(35)10-15-48-38)21-34(36)39(50-42)44(58-32-7-8-32,26-57-37-5-3-4-20-56-37)28-22-29(45)24-30(46)23-28/h6,9-10,15,21-25,31-32,37,48H,3-5,7-8,11-14,16-20,26H2,1-2H3,(H2,47,55). The zero-order valence-electron chi connectivity index (χ0n) is 33.6. The van der Waals surface area contributed by atoms with Crippen LogP contribution in [0.2, 0.25) is 0 Å². The second-order valence-corrected chi connectivity index (χ2v) is 16.9. The van der Waals surface area contributed by atoms with Crippen LogP contribution in [0.4, 0.5) is 19.5 Å². The molecule has 1 saturated carbocycles. The first-order valence-electron chi connectivity index (χ1n) is 20.8. The summed E-state index contributed by atoms with van der Waals surface area (Å²) >= 11 is 0. The Morgan fingerprint density at radius 3 is 2.44 bits per heavy atom. The van der Waals surface area contributed by atoms with Gasteiger partial charge in [0.2, 0.25) is 5.95 Å². The molecular formula is C44H51F2N7O6. The van der Waals surface area contributed by atoms with E-state index in [4.69, 9.17) is 34.6 Å². The zero-order chi connectivity index (χ0) is 40.9. The second kappa shape index (κ2) is 15.9. The number of benzene rings is 2. The fraction of sp³-hybridized carbons (Fsp3) is 0.500. The summed E-state index contributed by atoms with van der Waals surface area (Å²) in [7, 11) is 1.72. The molecule has 1 amide bonds. The van der Waals surface area contributed by atoms with Gasteiger partial charge >= 0.3 is 6.09 Å². The summed E-state index contributed by atoms with van der Waals surface area (Å²) in [5, 5.41) is 1.39. The van der Waals surface area contributed by atoms with Crippen molar-refractivity contribution in [2.75, 3.05) is 44.3 Å². The first-order valence-corrected chi connectivity index (χ1v) is 20.8. The molecule has 3 saturated heterocycles. The van der Waals surface area contributed by atoms with Crippen molar-refractivity contribution in [3.8, 4) is 11.1 Å². The summed E-state index contributed by atoms with van der Waals surface area (Å²) in [4.78, 5) is 42.8. The largest absolute Gasteiger partial charge is 0.443 e. The lowest BCUT2D eigenvalue weighted by Gasteiger charge is -2.44. The molecule has 2 unspecified atom stereocenters. The highest BCUT2D eigenvalue weighted by Gasteiger charge is 2.46. The molecule has 13 nitrogen and oxygen atoms in total. The van der Waals surface area contributed by atoms with Crippen molar-refractivity contribution in [2.45, 2.75) is 94.3 Å². The SMILES string of the molecule is Cn1cc(-c2ccc3nc(N4CCC(N5CCC(C)(OC(N)=O)CC5)CC4)nc(C(COC4CCCCO4)(OC4CC4)c4cc(F)cc(F)c4)c3c2)c2cc[nH]c2c1=O. The molecule has 1 aliphatic carbocycles. The quantitative estimate of drug-likeness (QED) is 0.149. The Morgan fingerprint density at radius 2 is 1.75 bits per heavy atom. The number of hydrogen-bond donors (Lipinski definition) is 2. The summed E-state index contributed by atoms with van der Waals surface area (Å²) in [6.07, 6.45) is 9.36. The number of aromatic amines is 1. The molecule has 0 radical (unpaired) electrons. The van der Waals surface area contributed by atoms with Crippen LogP contribution in [0.5, 0.6) is 0 Å². The number of primary amides is 1. The molecule has 2 aromatic carbocycles. The van der Waals surface area contributed by atoms with Gasteiger partial charge in [0.15, 0.2) is 11.9 Å². The summed E-state index contributed by atoms with van der Waals surface area (Å²) in [5.41, 5.74) is 6.52. The molecule has 3 N–H and O–H groups in total. The number of fused-ring (bicyclic) bond motifs is 2. The molecule has 4 aliphatic rings. The van der Waals surface area contributed by atoms with Crippen LogP contribution in [0, 0.1) is 11.6 Å². The number of nitrogens with two attached hydrogens (primary N) is 1. The van der Waals surface area contributed by atoms with E-state index in [1.54, 1.807) is 17.8 Å². The maximum Gasteiger partial charge on any atom is 0.405 e. The van der Waals surface area contributed by atoms with Gasteiger partial charge in [-0.15, -0.1) is 0 Å². The van der Waals surface area contributed by atoms with Crippen molar-refractivity contribution in [1.82, 2.24) is 24.4 Å². The number of halogens is 2. The van der Waals surface area contributed by atoms with Crippen molar-refractivity contribution in [3.05, 3.63) is 88.1 Å². The van der Waals surface area contributed by atoms with E-state index in [-0.39, 0.29) is 23.8 Å². The maximum atomic E-state index is 15.4. The van der Waals surface area contributed by atoms with E-state index in [2.05, 4.69) is 14.8 Å². The van der Waals surface area contributed by atoms with Crippen LogP contribution in [-0.4, -0.2) is 93.9 Å². The van der Waals surface area contributed by atoms with Crippen LogP contribution in [0.3, 0.4) is 0 Å². The van der Waals surface area contributed by atoms with Gasteiger partial charge in [0, 0.05) is 80.7 Å². The normalized spacial score (nSPS) is 21.5. The summed E-state index contributed by atoms with van der Waals surface area (Å²) in [6, 6.07) is 11.6. The van der Waals surface area contributed by atoms with Gasteiger partial charge in [0.25, 0.3) is 5.56 Å². The Morgan fingerprint density at radius 1 is 0.983 bits per heavy atom. The molecular weight excluding hydrogens is 761 g/mol. The molecule has 0 spiro atoms. The van der Waals surface area contributed by atoms with Gasteiger partial charge in [-0.05, 0) is 106 Å². The summed E-state index contributed by atoms with van der Waals surface area (Å²) in [5.74, 6) is -0.985. The maximum absolute atomic E-state index is 15.4. The topological polar surface area (TPSA) is 150 Å². The van der Waals surface area contributed by atoms with Gasteiger partial charge in [-0.25, -0.2) is 23.5 Å². The van der Waals surface area contributed by atoms with Gasteiger partial charge in [-0.2, -0.15) is 0 Å². The third kappa shape index (κ3) is 8.05. The van der Waals surface area contributed by atoms with Crippen molar-refractivity contribution in [2.24, 2.45) is 12.8 Å². The minimum Gasteiger partial charge on any atom is -0.443 e. The first kappa shape index (κ1) is 39.5. The van der Waals surface area contributed by atoms with Crippen LogP contribution >= 0.6 is 0 Å². The number of likely N-dealkylation sites (tertiary alicyclic amines) is 1. The lowest BCUT2D eigenvalue weighted by molar-refractivity contribution is -0.197. The number of nitrogens with one attached hydrogen (secondary N) is 1. The number of carbonyl (C=O) groups is 1. The minimum atomic E-state index is -1.56. The molecule has 6 heterocycles. The fourth-order valence-electron chi connectivity index (χ4n) is 9.13. The van der Waals surface area contributed by atoms with Gasteiger partial charge in [-0.1, -0.05) is 6.07 Å². The molecule has 312 valence electrons. The third-order valence-corrected chi connectivity index (χ3v) is 12.6. The Bertz CT molecular complexity index is 2390. The minimum absolute atomic E-state index is 0.107. The predicted octanol–water partition coefficient (Wildman–Crippen LogP) is 6.64. The van der Waals surface area contributed by atoms with Crippen molar-refractivity contribution in [1.29, 1.82) is 0 Å². The van der Waals surface area contributed by atoms with E-state index in [1.807, 2.05) is 37.4 Å². The number of nitrogens with zero attached hydrogens (tertiary/aromatic N) is 5. The molecule has 15 heteroatoms. The molecule has 3 aromatic heterocycles. The molecule has 0 bridgehead atoms. The van der Waals surface area contributed by atoms with Gasteiger partial charge < -0.3 is 39.1 Å². The number of H-pyrrole nitrogens is 1. The molecule has 2 atom stereocenters. The monoisotopic (exact) mass is 811 g/mol. The number of carbonyl (C=O) groups excluding carboxylic acids is 1. The number of rotatable bonds is 11. The lowest BCUT2D eigenvalue weighted by Crippen LogP contribution is -2.52. The third-order valence-electron chi connectivity index (χ3n) is 12.6. The van der Waals surface area contributed by atoms with Crippen LogP contribution < -0.4 is 16.2 Å². The highest BCUT2D eigenvalue weighted by Crippen LogP contribution is 2.45. The van der Waals surface area contributed by atoms with Crippen molar-refractivity contribution in [3.63, 3.8) is 0 Å². The molecule has 9 rings (SSSR count). The molecule has 4 fully saturated rings. The summed E-state index contributed by atoms with van der Waals surface area (Å²) < 4.78 is 57.4. The number of aryl methyl sites for hydroxylation is 1. The average molecular weight is 812 g/mol.